The molecule has 0 radical (unpaired) electrons. The number of hydrogen-bond donors (Lipinski definition) is 2. The molecule has 2 N–H and O–H groups in total. The van der Waals surface area contributed by atoms with Crippen molar-refractivity contribution in [3.8, 4) is 5.75 Å². The van der Waals surface area contributed by atoms with Gasteiger partial charge in [-0.25, -0.2) is 0 Å². The number of likely N-dealkylation sites (tertiary alicyclic amines) is 1. The van der Waals surface area contributed by atoms with Crippen LogP contribution in [-0.4, -0.2) is 64.2 Å². The van der Waals surface area contributed by atoms with Gasteiger partial charge >= 0.3 is 0 Å². The van der Waals surface area contributed by atoms with Gasteiger partial charge in [0.05, 0.1) is 18.1 Å². The minimum atomic E-state index is -0.853. The molecule has 1 aliphatic heterocycles. The van der Waals surface area contributed by atoms with Gasteiger partial charge in [0.15, 0.2) is 0 Å². The van der Waals surface area contributed by atoms with Crippen LogP contribution in [0.4, 0.5) is 0 Å². The number of hydrogen-bond acceptors (Lipinski definition) is 5. The number of aliphatic hydroxyl groups is 1. The Morgan fingerprint density at radius 3 is 2.94 bits per heavy atom. The molecule has 3 aliphatic rings. The van der Waals surface area contributed by atoms with Gasteiger partial charge in [-0.2, -0.15) is 0 Å². The summed E-state index contributed by atoms with van der Waals surface area (Å²) in [4.78, 5) is 17.0. The van der Waals surface area contributed by atoms with Gasteiger partial charge in [-0.1, -0.05) is 6.07 Å². The van der Waals surface area contributed by atoms with E-state index in [1.165, 1.54) is 5.56 Å². The molecule has 1 amide bonds. The molecule has 2 aromatic rings. The van der Waals surface area contributed by atoms with E-state index >= 15 is 0 Å². The SMILES string of the molecule is CN(C(=O)/C=C/c1ccoc1)C1CC[C@@]2(O)[C@H]3Cc4ccc(O)cc4[C@@]2(CCN3C)C1. The Morgan fingerprint density at radius 2 is 2.16 bits per heavy atom. The number of carbonyl (C=O) groups is 1. The summed E-state index contributed by atoms with van der Waals surface area (Å²) in [7, 11) is 3.95. The second kappa shape index (κ2) is 7.24. The number of likely N-dealkylation sites (N-methyl/N-ethyl adjacent to an activating group) is 2. The Bertz CT molecular complexity index is 1020. The minimum Gasteiger partial charge on any atom is -0.508 e. The van der Waals surface area contributed by atoms with E-state index < -0.39 is 11.0 Å². The zero-order valence-electron chi connectivity index (χ0n) is 18.1. The maximum Gasteiger partial charge on any atom is 0.246 e. The summed E-state index contributed by atoms with van der Waals surface area (Å²) in [6, 6.07) is 7.50. The minimum absolute atomic E-state index is 0.0270. The number of carbonyl (C=O) groups excluding carboxylic acids is 1. The highest BCUT2D eigenvalue weighted by molar-refractivity contribution is 5.91. The van der Waals surface area contributed by atoms with Gasteiger partial charge in [-0.15, -0.1) is 0 Å². The molecular weight excluding hydrogens is 392 g/mol. The predicted octanol–water partition coefficient (Wildman–Crippen LogP) is 2.94. The average Bonchev–Trinajstić information content (AvgIpc) is 3.28. The zero-order valence-corrected chi connectivity index (χ0v) is 18.1. The lowest BCUT2D eigenvalue weighted by Crippen LogP contribution is -2.73. The number of phenolic OH excluding ortho intramolecular Hbond substituents is 1. The number of aromatic hydroxyl groups is 1. The smallest absolute Gasteiger partial charge is 0.246 e. The van der Waals surface area contributed by atoms with Crippen LogP contribution in [0.25, 0.3) is 6.08 Å². The van der Waals surface area contributed by atoms with Gasteiger partial charge in [0, 0.05) is 36.2 Å². The van der Waals surface area contributed by atoms with Crippen molar-refractivity contribution in [1.29, 1.82) is 0 Å². The number of rotatable bonds is 3. The van der Waals surface area contributed by atoms with E-state index in [0.29, 0.717) is 12.8 Å². The van der Waals surface area contributed by atoms with Crippen molar-refractivity contribution in [2.45, 2.75) is 55.2 Å². The van der Waals surface area contributed by atoms with Crippen LogP contribution in [-0.2, 0) is 16.6 Å². The molecule has 6 nitrogen and oxygen atoms in total. The van der Waals surface area contributed by atoms with Crippen molar-refractivity contribution in [1.82, 2.24) is 9.80 Å². The van der Waals surface area contributed by atoms with E-state index in [-0.39, 0.29) is 23.7 Å². The number of fused-ring (bicyclic) bond motifs is 1. The first-order valence-electron chi connectivity index (χ1n) is 11.1. The van der Waals surface area contributed by atoms with Crippen LogP contribution >= 0.6 is 0 Å². The number of piperidine rings is 1. The van der Waals surface area contributed by atoms with E-state index in [9.17, 15) is 15.0 Å². The Morgan fingerprint density at radius 1 is 1.32 bits per heavy atom. The van der Waals surface area contributed by atoms with Gasteiger partial charge in [0.2, 0.25) is 5.91 Å². The van der Waals surface area contributed by atoms with E-state index in [2.05, 4.69) is 11.9 Å². The molecule has 1 saturated carbocycles. The highest BCUT2D eigenvalue weighted by Crippen LogP contribution is 2.58. The molecule has 6 heteroatoms. The largest absolute Gasteiger partial charge is 0.508 e. The summed E-state index contributed by atoms with van der Waals surface area (Å²) in [5, 5.41) is 22.3. The predicted molar refractivity (Wildman–Crippen MR) is 118 cm³/mol. The van der Waals surface area contributed by atoms with E-state index in [4.69, 9.17) is 4.42 Å². The fourth-order valence-electron chi connectivity index (χ4n) is 6.36. The number of phenols is 1. The molecule has 0 spiro atoms. The average molecular weight is 423 g/mol. The lowest BCUT2D eigenvalue weighted by atomic mass is 9.49. The topological polar surface area (TPSA) is 77.2 Å². The first-order chi connectivity index (χ1) is 14.8. The third-order valence-corrected chi connectivity index (χ3v) is 8.13. The molecule has 1 aromatic heterocycles. The maximum atomic E-state index is 12.9. The maximum absolute atomic E-state index is 12.9. The highest BCUT2D eigenvalue weighted by Gasteiger charge is 2.64. The molecule has 2 fully saturated rings. The van der Waals surface area contributed by atoms with Crippen LogP contribution in [0.3, 0.4) is 0 Å². The van der Waals surface area contributed by atoms with E-state index in [1.807, 2.05) is 30.1 Å². The summed E-state index contributed by atoms with van der Waals surface area (Å²) < 4.78 is 5.06. The Kier molecular flexibility index (Phi) is 4.75. The third kappa shape index (κ3) is 3.04. The van der Waals surface area contributed by atoms with Crippen LogP contribution in [0.5, 0.6) is 5.75 Å². The normalized spacial score (nSPS) is 32.5. The van der Waals surface area contributed by atoms with E-state index in [1.54, 1.807) is 30.7 Å². The first-order valence-corrected chi connectivity index (χ1v) is 11.1. The highest BCUT2D eigenvalue weighted by atomic mass is 16.3. The first kappa shape index (κ1) is 20.3. The molecule has 1 saturated heterocycles. The summed E-state index contributed by atoms with van der Waals surface area (Å²) in [6.45, 7) is 0.896. The Labute approximate surface area is 182 Å². The summed E-state index contributed by atoms with van der Waals surface area (Å²) in [5.74, 6) is 0.187. The van der Waals surface area contributed by atoms with Crippen LogP contribution in [0.2, 0.25) is 0 Å². The fourth-order valence-corrected chi connectivity index (χ4v) is 6.36. The van der Waals surface area contributed by atoms with Crippen LogP contribution in [0, 0.1) is 0 Å². The van der Waals surface area contributed by atoms with Gasteiger partial charge < -0.3 is 24.4 Å². The molecule has 5 rings (SSSR count). The quantitative estimate of drug-likeness (QED) is 0.744. The summed E-state index contributed by atoms with van der Waals surface area (Å²) in [5.41, 5.74) is 1.82. The van der Waals surface area contributed by atoms with Crippen molar-refractivity contribution in [2.75, 3.05) is 20.6 Å². The van der Waals surface area contributed by atoms with Gasteiger partial charge in [0.1, 0.15) is 5.75 Å². The van der Waals surface area contributed by atoms with Crippen LogP contribution in [0.15, 0.2) is 47.3 Å². The molecule has 2 bridgehead atoms. The molecule has 2 aliphatic carbocycles. The Hall–Kier alpha value is -2.57. The lowest BCUT2D eigenvalue weighted by Gasteiger charge is -2.64. The molecule has 2 heterocycles. The molecule has 4 atom stereocenters. The molecule has 31 heavy (non-hydrogen) atoms. The summed E-state index contributed by atoms with van der Waals surface area (Å²) >= 11 is 0. The van der Waals surface area contributed by atoms with E-state index in [0.717, 1.165) is 36.9 Å². The summed E-state index contributed by atoms with van der Waals surface area (Å²) in [6.07, 6.45) is 10.2. The van der Waals surface area contributed by atoms with Crippen molar-refractivity contribution in [2.24, 2.45) is 0 Å². The second-order valence-electron chi connectivity index (χ2n) is 9.53. The second-order valence-corrected chi connectivity index (χ2v) is 9.53. The number of furan rings is 1. The van der Waals surface area contributed by atoms with Gasteiger partial charge in [0.25, 0.3) is 0 Å². The molecular formula is C25H30N2O4. The standard InChI is InChI=1S/C25H30N2O4/c1-26-11-10-24-15-19(27(2)23(29)6-3-17-8-12-31-16-17)7-9-25(24,30)22(26)13-18-4-5-20(28)14-21(18)24/h3-6,8,12,14,16,19,22,28,30H,7,9-11,13,15H2,1-2H3/b6-3+/t19?,22-,24-,25-/m1/s1. The van der Waals surface area contributed by atoms with Crippen molar-refractivity contribution >= 4 is 12.0 Å². The van der Waals surface area contributed by atoms with Crippen LogP contribution < -0.4 is 0 Å². The molecule has 1 unspecified atom stereocenters. The number of amides is 1. The zero-order chi connectivity index (χ0) is 21.8. The lowest BCUT2D eigenvalue weighted by molar-refractivity contribution is -0.172. The van der Waals surface area contributed by atoms with Crippen molar-refractivity contribution < 1.29 is 19.4 Å². The fraction of sp³-hybridized carbons (Fsp3) is 0.480. The monoisotopic (exact) mass is 422 g/mol. The van der Waals surface area contributed by atoms with Crippen molar-refractivity contribution in [3.05, 3.63) is 59.6 Å². The van der Waals surface area contributed by atoms with Gasteiger partial charge in [-0.05, 0) is 81.1 Å². The Balaban J connectivity index is 1.48. The number of benzene rings is 1. The molecule has 1 aromatic carbocycles. The van der Waals surface area contributed by atoms with Crippen LogP contribution in [0.1, 0.15) is 42.4 Å². The van der Waals surface area contributed by atoms with Gasteiger partial charge in [-0.3, -0.25) is 4.79 Å². The van der Waals surface area contributed by atoms with Crippen molar-refractivity contribution in [3.63, 3.8) is 0 Å². The molecule has 164 valence electrons. The number of nitrogens with zero attached hydrogens (tertiary/aromatic N) is 2. The third-order valence-electron chi connectivity index (χ3n) is 8.13.